The first-order chi connectivity index (χ1) is 8.60. The summed E-state index contributed by atoms with van der Waals surface area (Å²) in [4.78, 5) is 0. The Morgan fingerprint density at radius 2 is 2.17 bits per heavy atom. The highest BCUT2D eigenvalue weighted by Gasteiger charge is 2.09. The molecule has 3 heteroatoms. The van der Waals surface area contributed by atoms with Gasteiger partial charge in [0.1, 0.15) is 0 Å². The van der Waals surface area contributed by atoms with Gasteiger partial charge >= 0.3 is 0 Å². The normalized spacial score (nSPS) is 12.0. The van der Waals surface area contributed by atoms with Gasteiger partial charge in [-0.15, -0.1) is 0 Å². The van der Waals surface area contributed by atoms with Crippen molar-refractivity contribution in [2.75, 3.05) is 13.7 Å². The van der Waals surface area contributed by atoms with Gasteiger partial charge in [-0.1, -0.05) is 26.0 Å². The number of unbranched alkanes of at least 4 members (excludes halogenated alkanes) is 1. The zero-order valence-corrected chi connectivity index (χ0v) is 11.4. The smallest absolute Gasteiger partial charge is 0.165 e. The molecule has 0 saturated heterocycles. The van der Waals surface area contributed by atoms with E-state index >= 15 is 0 Å². The molecule has 0 amide bonds. The zero-order chi connectivity index (χ0) is 13.5. The highest BCUT2D eigenvalue weighted by Crippen LogP contribution is 2.27. The molecule has 18 heavy (non-hydrogen) atoms. The molecule has 0 heterocycles. The second kappa shape index (κ2) is 7.17. The largest absolute Gasteiger partial charge is 0.494 e. The maximum absolute atomic E-state index is 13.7. The van der Waals surface area contributed by atoms with Crippen molar-refractivity contribution in [1.29, 1.82) is 0 Å². The molecule has 0 fully saturated rings. The Morgan fingerprint density at radius 1 is 1.44 bits per heavy atom. The van der Waals surface area contributed by atoms with Crippen LogP contribution in [0.15, 0.2) is 24.3 Å². The number of allylic oxidation sites excluding steroid dienone is 2. The summed E-state index contributed by atoms with van der Waals surface area (Å²) in [7, 11) is 1.47. The number of methoxy groups -OCH3 is 1. The quantitative estimate of drug-likeness (QED) is 0.784. The molecule has 2 N–H and O–H groups in total. The monoisotopic (exact) mass is 251 g/mol. The minimum atomic E-state index is -0.319. The van der Waals surface area contributed by atoms with Crippen LogP contribution in [0, 0.1) is 11.7 Å². The van der Waals surface area contributed by atoms with Gasteiger partial charge < -0.3 is 10.5 Å². The molecule has 2 nitrogen and oxygen atoms in total. The van der Waals surface area contributed by atoms with E-state index in [0.29, 0.717) is 12.5 Å². The van der Waals surface area contributed by atoms with E-state index in [0.717, 1.165) is 24.0 Å². The average Bonchev–Trinajstić information content (AvgIpc) is 2.34. The average molecular weight is 251 g/mol. The molecule has 0 aliphatic heterocycles. The zero-order valence-electron chi connectivity index (χ0n) is 11.4. The van der Waals surface area contributed by atoms with E-state index in [4.69, 9.17) is 10.5 Å². The molecule has 0 spiro atoms. The van der Waals surface area contributed by atoms with Crippen molar-refractivity contribution in [2.24, 2.45) is 11.7 Å². The van der Waals surface area contributed by atoms with Crippen LogP contribution in [0.5, 0.6) is 5.75 Å². The molecule has 0 saturated carbocycles. The van der Waals surface area contributed by atoms with Crippen LogP contribution >= 0.6 is 0 Å². The number of nitrogens with two attached hydrogens (primary N) is 1. The van der Waals surface area contributed by atoms with Gasteiger partial charge in [0.15, 0.2) is 11.6 Å². The second-order valence-corrected chi connectivity index (χ2v) is 4.59. The van der Waals surface area contributed by atoms with Crippen LogP contribution in [-0.4, -0.2) is 13.7 Å². The number of hydrogen-bond donors (Lipinski definition) is 1. The molecule has 100 valence electrons. The molecular weight excluding hydrogens is 229 g/mol. The van der Waals surface area contributed by atoms with Gasteiger partial charge in [-0.25, -0.2) is 4.39 Å². The van der Waals surface area contributed by atoms with E-state index in [-0.39, 0.29) is 11.6 Å². The van der Waals surface area contributed by atoms with Crippen molar-refractivity contribution < 1.29 is 9.13 Å². The molecule has 0 radical (unpaired) electrons. The van der Waals surface area contributed by atoms with E-state index in [1.807, 2.05) is 6.07 Å². The lowest BCUT2D eigenvalue weighted by molar-refractivity contribution is 0.386. The Hall–Kier alpha value is -1.35. The van der Waals surface area contributed by atoms with E-state index in [2.05, 4.69) is 19.9 Å². The van der Waals surface area contributed by atoms with Crippen LogP contribution < -0.4 is 10.5 Å². The molecule has 1 aromatic rings. The number of halogens is 1. The van der Waals surface area contributed by atoms with Crippen LogP contribution in [0.3, 0.4) is 0 Å². The third-order valence-electron chi connectivity index (χ3n) is 2.88. The first kappa shape index (κ1) is 14.7. The minimum absolute atomic E-state index is 0.281. The lowest BCUT2D eigenvalue weighted by atomic mass is 9.94. The molecule has 0 aliphatic carbocycles. The number of rotatable bonds is 6. The van der Waals surface area contributed by atoms with Crippen LogP contribution in [0.2, 0.25) is 0 Å². The van der Waals surface area contributed by atoms with Crippen molar-refractivity contribution >= 4 is 5.57 Å². The SMILES string of the molecule is COc1ccc(/C(=C/CCCN)C(C)C)cc1F. The van der Waals surface area contributed by atoms with Crippen LogP contribution in [0.25, 0.3) is 5.57 Å². The summed E-state index contributed by atoms with van der Waals surface area (Å²) in [5.74, 6) is 0.319. The predicted molar refractivity (Wildman–Crippen MR) is 74.1 cm³/mol. The molecule has 0 atom stereocenters. The fourth-order valence-corrected chi connectivity index (χ4v) is 1.91. The third kappa shape index (κ3) is 3.84. The highest BCUT2D eigenvalue weighted by molar-refractivity contribution is 5.67. The topological polar surface area (TPSA) is 35.2 Å². The minimum Gasteiger partial charge on any atom is -0.494 e. The summed E-state index contributed by atoms with van der Waals surface area (Å²) >= 11 is 0. The molecule has 0 bridgehead atoms. The number of ether oxygens (including phenoxy) is 1. The van der Waals surface area contributed by atoms with E-state index in [9.17, 15) is 4.39 Å². The molecule has 0 aliphatic rings. The van der Waals surface area contributed by atoms with Crippen LogP contribution in [-0.2, 0) is 0 Å². The summed E-state index contributed by atoms with van der Waals surface area (Å²) in [6, 6.07) is 5.10. The van der Waals surface area contributed by atoms with Crippen molar-refractivity contribution in [3.8, 4) is 5.75 Å². The van der Waals surface area contributed by atoms with Crippen molar-refractivity contribution in [2.45, 2.75) is 26.7 Å². The number of benzene rings is 1. The lowest BCUT2D eigenvalue weighted by Crippen LogP contribution is -1.99. The number of hydrogen-bond acceptors (Lipinski definition) is 2. The second-order valence-electron chi connectivity index (χ2n) is 4.59. The Bertz CT molecular complexity index is 413. The van der Waals surface area contributed by atoms with Crippen molar-refractivity contribution in [3.63, 3.8) is 0 Å². The van der Waals surface area contributed by atoms with Crippen LogP contribution in [0.4, 0.5) is 4.39 Å². The molecule has 0 unspecified atom stereocenters. The Morgan fingerprint density at radius 3 is 2.67 bits per heavy atom. The Kier molecular flexibility index (Phi) is 5.86. The molecule has 0 aromatic heterocycles. The van der Waals surface area contributed by atoms with E-state index in [1.165, 1.54) is 13.2 Å². The van der Waals surface area contributed by atoms with Gasteiger partial charge in [-0.2, -0.15) is 0 Å². The summed E-state index contributed by atoms with van der Waals surface area (Å²) in [6.07, 6.45) is 4.03. The van der Waals surface area contributed by atoms with Crippen LogP contribution in [0.1, 0.15) is 32.3 Å². The fraction of sp³-hybridized carbons (Fsp3) is 0.467. The molecular formula is C15H22FNO. The van der Waals surface area contributed by atoms with E-state index < -0.39 is 0 Å². The first-order valence-corrected chi connectivity index (χ1v) is 6.34. The van der Waals surface area contributed by atoms with Gasteiger partial charge in [0, 0.05) is 0 Å². The summed E-state index contributed by atoms with van der Waals surface area (Å²) in [5.41, 5.74) is 7.56. The summed E-state index contributed by atoms with van der Waals surface area (Å²) in [6.45, 7) is 4.89. The van der Waals surface area contributed by atoms with Crippen molar-refractivity contribution in [3.05, 3.63) is 35.7 Å². The maximum atomic E-state index is 13.7. The molecule has 1 rings (SSSR count). The molecule has 1 aromatic carbocycles. The third-order valence-corrected chi connectivity index (χ3v) is 2.88. The standard InChI is InChI=1S/C15H22FNO/c1-11(2)13(6-4-5-9-17)12-7-8-15(18-3)14(16)10-12/h6-8,10-11H,4-5,9,17H2,1-3H3/b13-6+. The van der Waals surface area contributed by atoms with E-state index in [1.54, 1.807) is 6.07 Å². The van der Waals surface area contributed by atoms with Gasteiger partial charge in [-0.3, -0.25) is 0 Å². The van der Waals surface area contributed by atoms with Gasteiger partial charge in [0.2, 0.25) is 0 Å². The summed E-state index contributed by atoms with van der Waals surface area (Å²) < 4.78 is 18.6. The summed E-state index contributed by atoms with van der Waals surface area (Å²) in [5, 5.41) is 0. The lowest BCUT2D eigenvalue weighted by Gasteiger charge is -2.13. The van der Waals surface area contributed by atoms with Gasteiger partial charge in [0.05, 0.1) is 7.11 Å². The van der Waals surface area contributed by atoms with Gasteiger partial charge in [-0.05, 0) is 48.6 Å². The Balaban J connectivity index is 2.99. The first-order valence-electron chi connectivity index (χ1n) is 6.34. The maximum Gasteiger partial charge on any atom is 0.165 e. The predicted octanol–water partition coefficient (Wildman–Crippen LogP) is 3.61. The Labute approximate surface area is 109 Å². The highest BCUT2D eigenvalue weighted by atomic mass is 19.1. The fourth-order valence-electron chi connectivity index (χ4n) is 1.91. The van der Waals surface area contributed by atoms with Crippen molar-refractivity contribution in [1.82, 2.24) is 0 Å². The van der Waals surface area contributed by atoms with Gasteiger partial charge in [0.25, 0.3) is 0 Å².